The van der Waals surface area contributed by atoms with Crippen LogP contribution in [-0.2, 0) is 13.1 Å². The standard InChI is InChI=1S/C18H17Cl2N5O/c1-24(12-13-3-5-15(19)16(20)9-13)18(26)22-11-14-4-6-17(21-10-14)25-8-2-7-23-25/h2-10H,11-12H2,1H3,(H,22,26). The van der Waals surface area contributed by atoms with Crippen molar-refractivity contribution in [3.63, 3.8) is 0 Å². The zero-order chi connectivity index (χ0) is 18.5. The number of halogens is 2. The zero-order valence-corrected chi connectivity index (χ0v) is 15.6. The summed E-state index contributed by atoms with van der Waals surface area (Å²) < 4.78 is 1.67. The summed E-state index contributed by atoms with van der Waals surface area (Å²) in [6.07, 6.45) is 5.23. The highest BCUT2D eigenvalue weighted by Crippen LogP contribution is 2.23. The molecular weight excluding hydrogens is 373 g/mol. The molecule has 1 aromatic carbocycles. The first-order valence-electron chi connectivity index (χ1n) is 7.91. The fraction of sp³-hybridized carbons (Fsp3) is 0.167. The van der Waals surface area contributed by atoms with E-state index in [0.717, 1.165) is 16.9 Å². The van der Waals surface area contributed by atoms with E-state index < -0.39 is 0 Å². The summed E-state index contributed by atoms with van der Waals surface area (Å²) >= 11 is 11.9. The van der Waals surface area contributed by atoms with Crippen LogP contribution < -0.4 is 5.32 Å². The number of aromatic nitrogens is 3. The highest BCUT2D eigenvalue weighted by Gasteiger charge is 2.10. The highest BCUT2D eigenvalue weighted by molar-refractivity contribution is 6.42. The third-order valence-electron chi connectivity index (χ3n) is 3.74. The van der Waals surface area contributed by atoms with Gasteiger partial charge >= 0.3 is 6.03 Å². The number of nitrogens with one attached hydrogen (secondary N) is 1. The lowest BCUT2D eigenvalue weighted by molar-refractivity contribution is 0.206. The van der Waals surface area contributed by atoms with Crippen LogP contribution >= 0.6 is 23.2 Å². The third-order valence-corrected chi connectivity index (χ3v) is 4.48. The number of carbonyl (C=O) groups excluding carboxylic acids is 1. The van der Waals surface area contributed by atoms with Gasteiger partial charge in [0.15, 0.2) is 5.82 Å². The minimum absolute atomic E-state index is 0.188. The molecule has 3 aromatic rings. The first kappa shape index (κ1) is 18.2. The van der Waals surface area contributed by atoms with Gasteiger partial charge < -0.3 is 10.2 Å². The van der Waals surface area contributed by atoms with E-state index in [4.69, 9.17) is 23.2 Å². The van der Waals surface area contributed by atoms with Crippen molar-refractivity contribution in [1.29, 1.82) is 0 Å². The number of nitrogens with zero attached hydrogens (tertiary/aromatic N) is 4. The van der Waals surface area contributed by atoms with Gasteiger partial charge in [-0.3, -0.25) is 0 Å². The number of hydrogen-bond donors (Lipinski definition) is 1. The molecule has 0 spiro atoms. The van der Waals surface area contributed by atoms with E-state index in [-0.39, 0.29) is 6.03 Å². The molecule has 0 unspecified atom stereocenters. The van der Waals surface area contributed by atoms with Gasteiger partial charge in [-0.2, -0.15) is 5.10 Å². The number of amides is 2. The minimum atomic E-state index is -0.188. The van der Waals surface area contributed by atoms with Crippen molar-refractivity contribution in [3.05, 3.63) is 76.2 Å². The number of rotatable bonds is 5. The van der Waals surface area contributed by atoms with Gasteiger partial charge in [-0.25, -0.2) is 14.5 Å². The molecule has 3 rings (SSSR count). The van der Waals surface area contributed by atoms with Gasteiger partial charge in [-0.15, -0.1) is 0 Å². The largest absolute Gasteiger partial charge is 0.334 e. The van der Waals surface area contributed by atoms with Crippen LogP contribution in [0.4, 0.5) is 4.79 Å². The van der Waals surface area contributed by atoms with Gasteiger partial charge in [0.1, 0.15) is 0 Å². The molecule has 2 heterocycles. The number of urea groups is 1. The Morgan fingerprint density at radius 1 is 1.19 bits per heavy atom. The van der Waals surface area contributed by atoms with Crippen molar-refractivity contribution in [1.82, 2.24) is 25.0 Å². The summed E-state index contributed by atoms with van der Waals surface area (Å²) in [7, 11) is 1.72. The van der Waals surface area contributed by atoms with Crippen LogP contribution in [0.25, 0.3) is 5.82 Å². The van der Waals surface area contributed by atoms with E-state index in [1.807, 2.05) is 30.5 Å². The molecule has 0 bridgehead atoms. The van der Waals surface area contributed by atoms with E-state index in [9.17, 15) is 4.79 Å². The van der Waals surface area contributed by atoms with E-state index in [2.05, 4.69) is 15.4 Å². The van der Waals surface area contributed by atoms with Crippen molar-refractivity contribution in [2.45, 2.75) is 13.1 Å². The summed E-state index contributed by atoms with van der Waals surface area (Å²) in [4.78, 5) is 18.2. The lowest BCUT2D eigenvalue weighted by atomic mass is 10.2. The molecule has 0 aliphatic carbocycles. The molecule has 0 saturated carbocycles. The lowest BCUT2D eigenvalue weighted by Gasteiger charge is -2.18. The Hall–Kier alpha value is -2.57. The summed E-state index contributed by atoms with van der Waals surface area (Å²) in [5.41, 5.74) is 1.81. The second-order valence-electron chi connectivity index (χ2n) is 5.74. The van der Waals surface area contributed by atoms with Gasteiger partial charge in [0.05, 0.1) is 10.0 Å². The third kappa shape index (κ3) is 4.53. The normalized spacial score (nSPS) is 10.6. The van der Waals surface area contributed by atoms with Crippen molar-refractivity contribution in [3.8, 4) is 5.82 Å². The maximum Gasteiger partial charge on any atom is 0.317 e. The smallest absolute Gasteiger partial charge is 0.317 e. The van der Waals surface area contributed by atoms with E-state index in [0.29, 0.717) is 23.1 Å². The number of hydrogen-bond acceptors (Lipinski definition) is 3. The van der Waals surface area contributed by atoms with Gasteiger partial charge in [0.2, 0.25) is 0 Å². The Morgan fingerprint density at radius 2 is 2.00 bits per heavy atom. The molecule has 6 nitrogen and oxygen atoms in total. The number of benzene rings is 1. The van der Waals surface area contributed by atoms with E-state index >= 15 is 0 Å². The van der Waals surface area contributed by atoms with Crippen LogP contribution in [0.15, 0.2) is 55.0 Å². The summed E-state index contributed by atoms with van der Waals surface area (Å²) in [5.74, 6) is 0.724. The van der Waals surface area contributed by atoms with Gasteiger partial charge in [0.25, 0.3) is 0 Å². The number of carbonyl (C=O) groups is 1. The van der Waals surface area contributed by atoms with Crippen LogP contribution in [0.5, 0.6) is 0 Å². The monoisotopic (exact) mass is 389 g/mol. The zero-order valence-electron chi connectivity index (χ0n) is 14.1. The molecule has 1 N–H and O–H groups in total. The van der Waals surface area contributed by atoms with Crippen LogP contribution in [0.3, 0.4) is 0 Å². The minimum Gasteiger partial charge on any atom is -0.334 e. The quantitative estimate of drug-likeness (QED) is 0.719. The van der Waals surface area contributed by atoms with Crippen LogP contribution in [0.2, 0.25) is 10.0 Å². The summed E-state index contributed by atoms with van der Waals surface area (Å²) in [6.45, 7) is 0.816. The summed E-state index contributed by atoms with van der Waals surface area (Å²) in [5, 5.41) is 7.96. The maximum atomic E-state index is 12.2. The van der Waals surface area contributed by atoms with E-state index in [1.54, 1.807) is 41.2 Å². The second kappa shape index (κ2) is 8.21. The molecule has 0 aliphatic rings. The lowest BCUT2D eigenvalue weighted by Crippen LogP contribution is -2.36. The molecule has 26 heavy (non-hydrogen) atoms. The number of pyridine rings is 1. The molecule has 0 fully saturated rings. The molecular formula is C18H17Cl2N5O. The van der Waals surface area contributed by atoms with E-state index in [1.165, 1.54) is 0 Å². The Bertz CT molecular complexity index is 881. The Kier molecular flexibility index (Phi) is 5.75. The molecule has 2 amide bonds. The first-order chi connectivity index (χ1) is 12.5. The molecule has 0 aliphatic heterocycles. The SMILES string of the molecule is CN(Cc1ccc(Cl)c(Cl)c1)C(=O)NCc1ccc(-n2cccn2)nc1. The fourth-order valence-corrected chi connectivity index (χ4v) is 2.68. The van der Waals surface area contributed by atoms with Gasteiger partial charge in [-0.1, -0.05) is 35.3 Å². The Balaban J connectivity index is 1.53. The first-order valence-corrected chi connectivity index (χ1v) is 8.66. The molecule has 134 valence electrons. The highest BCUT2D eigenvalue weighted by atomic mass is 35.5. The van der Waals surface area contributed by atoms with Crippen molar-refractivity contribution >= 4 is 29.2 Å². The predicted molar refractivity (Wildman–Crippen MR) is 102 cm³/mol. The maximum absolute atomic E-state index is 12.2. The molecule has 8 heteroatoms. The molecule has 0 radical (unpaired) electrons. The molecule has 0 saturated heterocycles. The topological polar surface area (TPSA) is 63.1 Å². The van der Waals surface area contributed by atoms with Crippen LogP contribution in [0, 0.1) is 0 Å². The van der Waals surface area contributed by atoms with Crippen molar-refractivity contribution in [2.75, 3.05) is 7.05 Å². The van der Waals surface area contributed by atoms with Crippen molar-refractivity contribution < 1.29 is 4.79 Å². The average Bonchev–Trinajstić information content (AvgIpc) is 3.18. The van der Waals surface area contributed by atoms with Crippen LogP contribution in [-0.4, -0.2) is 32.7 Å². The predicted octanol–water partition coefficient (Wildman–Crippen LogP) is 3.92. The second-order valence-corrected chi connectivity index (χ2v) is 6.55. The van der Waals surface area contributed by atoms with Gasteiger partial charge in [0, 0.05) is 38.7 Å². The van der Waals surface area contributed by atoms with Gasteiger partial charge in [-0.05, 0) is 35.4 Å². The van der Waals surface area contributed by atoms with Crippen molar-refractivity contribution in [2.24, 2.45) is 0 Å². The Labute approximate surface area is 161 Å². The van der Waals surface area contributed by atoms with Crippen LogP contribution in [0.1, 0.15) is 11.1 Å². The molecule has 0 atom stereocenters. The average molecular weight is 390 g/mol. The summed E-state index contributed by atoms with van der Waals surface area (Å²) in [6, 6.07) is 10.7. The molecule has 2 aromatic heterocycles. The Morgan fingerprint density at radius 3 is 2.65 bits per heavy atom. The fourth-order valence-electron chi connectivity index (χ4n) is 2.36.